The minimum atomic E-state index is -0.145. The first-order valence-electron chi connectivity index (χ1n) is 4.36. The van der Waals surface area contributed by atoms with E-state index in [0.717, 1.165) is 11.4 Å². The van der Waals surface area contributed by atoms with Gasteiger partial charge >= 0.3 is 0 Å². The van der Waals surface area contributed by atoms with E-state index in [2.05, 4.69) is 15.1 Å². The quantitative estimate of drug-likeness (QED) is 0.804. The van der Waals surface area contributed by atoms with E-state index in [1.165, 1.54) is 6.33 Å². The Hall–Kier alpha value is -1.18. The number of aryl methyl sites for hydroxylation is 2. The fraction of sp³-hybridized carbons (Fsp3) is 0.222. The van der Waals surface area contributed by atoms with Gasteiger partial charge in [0.15, 0.2) is 5.82 Å². The Labute approximate surface area is 99.7 Å². The zero-order valence-electron chi connectivity index (χ0n) is 8.28. The normalized spacial score (nSPS) is 10.6. The fourth-order valence-electron chi connectivity index (χ4n) is 1.36. The van der Waals surface area contributed by atoms with Crippen LogP contribution < -0.4 is 5.56 Å². The molecule has 0 fully saturated rings. The van der Waals surface area contributed by atoms with E-state index in [9.17, 15) is 4.79 Å². The van der Waals surface area contributed by atoms with Gasteiger partial charge in [0.05, 0.1) is 12.0 Å². The lowest BCUT2D eigenvalue weighted by Crippen LogP contribution is -2.16. The van der Waals surface area contributed by atoms with Crippen molar-refractivity contribution in [2.24, 2.45) is 0 Å². The van der Waals surface area contributed by atoms with Gasteiger partial charge in [0, 0.05) is 5.69 Å². The average molecular weight is 316 g/mol. The topological polar surface area (TPSA) is 63.6 Å². The predicted octanol–water partition coefficient (Wildman–Crippen LogP) is 1.18. The van der Waals surface area contributed by atoms with Crippen molar-refractivity contribution in [3.8, 4) is 5.82 Å². The van der Waals surface area contributed by atoms with Crippen molar-refractivity contribution in [3.63, 3.8) is 0 Å². The fourth-order valence-corrected chi connectivity index (χ4v) is 1.89. The Kier molecular flexibility index (Phi) is 2.59. The largest absolute Gasteiger partial charge is 0.312 e. The van der Waals surface area contributed by atoms with Gasteiger partial charge in [-0.1, -0.05) is 0 Å². The molecule has 0 bridgehead atoms. The van der Waals surface area contributed by atoms with Gasteiger partial charge in [-0.05, 0) is 42.5 Å². The zero-order chi connectivity index (χ0) is 11.0. The Morgan fingerprint density at radius 1 is 1.47 bits per heavy atom. The number of hydrogen-bond donors (Lipinski definition) is 1. The molecule has 6 heteroatoms. The lowest BCUT2D eigenvalue weighted by molar-refractivity contribution is 0.791. The van der Waals surface area contributed by atoms with Gasteiger partial charge in [-0.3, -0.25) is 4.79 Å². The summed E-state index contributed by atoms with van der Waals surface area (Å²) in [5, 5.41) is 4.28. The van der Waals surface area contributed by atoms with E-state index in [4.69, 9.17) is 0 Å². The molecule has 0 radical (unpaired) electrons. The van der Waals surface area contributed by atoms with Crippen molar-refractivity contribution >= 4 is 22.6 Å². The summed E-state index contributed by atoms with van der Waals surface area (Å²) in [4.78, 5) is 18.0. The molecular weight excluding hydrogens is 307 g/mol. The maximum absolute atomic E-state index is 11.4. The summed E-state index contributed by atoms with van der Waals surface area (Å²) >= 11 is 1.97. The van der Waals surface area contributed by atoms with E-state index in [-0.39, 0.29) is 5.56 Å². The van der Waals surface area contributed by atoms with Crippen LogP contribution in [0, 0.1) is 17.4 Å². The number of nitrogens with zero attached hydrogens (tertiary/aromatic N) is 3. The third-order valence-electron chi connectivity index (χ3n) is 1.99. The molecule has 0 atom stereocenters. The average Bonchev–Trinajstić information content (AvgIpc) is 2.50. The van der Waals surface area contributed by atoms with Crippen molar-refractivity contribution in [3.05, 3.63) is 37.7 Å². The van der Waals surface area contributed by atoms with Crippen LogP contribution in [-0.4, -0.2) is 19.7 Å². The van der Waals surface area contributed by atoms with Crippen LogP contribution in [0.3, 0.4) is 0 Å². The van der Waals surface area contributed by atoms with Gasteiger partial charge in [0.25, 0.3) is 5.56 Å². The smallest absolute Gasteiger partial charge is 0.266 e. The molecule has 2 rings (SSSR count). The summed E-state index contributed by atoms with van der Waals surface area (Å²) in [5.41, 5.74) is 1.72. The van der Waals surface area contributed by atoms with Gasteiger partial charge in [-0.25, -0.2) is 9.67 Å². The maximum Gasteiger partial charge on any atom is 0.266 e. The van der Waals surface area contributed by atoms with Gasteiger partial charge in [-0.15, -0.1) is 0 Å². The van der Waals surface area contributed by atoms with Crippen LogP contribution in [0.15, 0.2) is 17.2 Å². The van der Waals surface area contributed by atoms with Crippen LogP contribution in [0.4, 0.5) is 0 Å². The number of rotatable bonds is 1. The monoisotopic (exact) mass is 316 g/mol. The van der Waals surface area contributed by atoms with Crippen molar-refractivity contribution in [2.45, 2.75) is 13.8 Å². The lowest BCUT2D eigenvalue weighted by Gasteiger charge is -2.03. The summed E-state index contributed by atoms with van der Waals surface area (Å²) in [5.74, 6) is 0.574. The molecule has 0 amide bonds. The Bertz CT molecular complexity index is 557. The third kappa shape index (κ3) is 1.81. The second kappa shape index (κ2) is 3.76. The molecule has 0 spiro atoms. The first-order chi connectivity index (χ1) is 7.09. The predicted molar refractivity (Wildman–Crippen MR) is 64.2 cm³/mol. The Morgan fingerprint density at radius 3 is 2.80 bits per heavy atom. The SMILES string of the molecule is Cc1cc(C)n(-c2nc[nH]c(=O)c2I)n1. The van der Waals surface area contributed by atoms with Crippen LogP contribution in [-0.2, 0) is 0 Å². The van der Waals surface area contributed by atoms with Crippen LogP contribution in [0.5, 0.6) is 0 Å². The number of aromatic amines is 1. The molecule has 1 N–H and O–H groups in total. The number of aromatic nitrogens is 4. The summed E-state index contributed by atoms with van der Waals surface area (Å²) in [6.45, 7) is 3.84. The minimum Gasteiger partial charge on any atom is -0.312 e. The highest BCUT2D eigenvalue weighted by molar-refractivity contribution is 14.1. The molecule has 2 aromatic heterocycles. The van der Waals surface area contributed by atoms with Crippen LogP contribution in [0.1, 0.15) is 11.4 Å². The molecule has 5 nitrogen and oxygen atoms in total. The number of H-pyrrole nitrogens is 1. The summed E-state index contributed by atoms with van der Waals surface area (Å²) in [6, 6.07) is 1.94. The van der Waals surface area contributed by atoms with E-state index in [1.807, 2.05) is 42.5 Å². The summed E-state index contributed by atoms with van der Waals surface area (Å²) in [7, 11) is 0. The molecule has 0 aliphatic carbocycles. The molecular formula is C9H9IN4O. The standard InChI is InChI=1S/C9H9IN4O/c1-5-3-6(2)14(13-5)8-7(10)9(15)12-4-11-8/h3-4H,1-2H3,(H,11,12,15). The molecule has 0 aliphatic heterocycles. The molecule has 0 saturated carbocycles. The lowest BCUT2D eigenvalue weighted by atomic mass is 10.4. The Morgan fingerprint density at radius 2 is 2.20 bits per heavy atom. The summed E-state index contributed by atoms with van der Waals surface area (Å²) in [6.07, 6.45) is 1.39. The molecule has 0 aliphatic rings. The highest BCUT2D eigenvalue weighted by Gasteiger charge is 2.10. The van der Waals surface area contributed by atoms with Gasteiger partial charge in [-0.2, -0.15) is 5.10 Å². The van der Waals surface area contributed by atoms with Gasteiger partial charge < -0.3 is 4.98 Å². The van der Waals surface area contributed by atoms with E-state index < -0.39 is 0 Å². The van der Waals surface area contributed by atoms with Crippen LogP contribution in [0.25, 0.3) is 5.82 Å². The first kappa shape index (κ1) is 10.3. The molecule has 2 heterocycles. The van der Waals surface area contributed by atoms with Crippen LogP contribution in [0.2, 0.25) is 0 Å². The second-order valence-corrected chi connectivity index (χ2v) is 4.29. The van der Waals surface area contributed by atoms with Crippen molar-refractivity contribution < 1.29 is 0 Å². The minimum absolute atomic E-state index is 0.145. The molecule has 0 aromatic carbocycles. The molecule has 0 unspecified atom stereocenters. The van der Waals surface area contributed by atoms with E-state index >= 15 is 0 Å². The first-order valence-corrected chi connectivity index (χ1v) is 5.44. The highest BCUT2D eigenvalue weighted by atomic mass is 127. The molecule has 0 saturated heterocycles. The van der Waals surface area contributed by atoms with Gasteiger partial charge in [0.2, 0.25) is 0 Å². The molecule has 78 valence electrons. The summed E-state index contributed by atoms with van der Waals surface area (Å²) < 4.78 is 2.22. The number of halogens is 1. The maximum atomic E-state index is 11.4. The Balaban J connectivity index is 2.69. The highest BCUT2D eigenvalue weighted by Crippen LogP contribution is 2.12. The number of hydrogen-bond acceptors (Lipinski definition) is 3. The van der Waals surface area contributed by atoms with Crippen molar-refractivity contribution in [1.29, 1.82) is 0 Å². The van der Waals surface area contributed by atoms with Crippen LogP contribution >= 0.6 is 22.6 Å². The molecule has 2 aromatic rings. The molecule has 15 heavy (non-hydrogen) atoms. The number of nitrogens with one attached hydrogen (secondary N) is 1. The van der Waals surface area contributed by atoms with Crippen molar-refractivity contribution in [1.82, 2.24) is 19.7 Å². The second-order valence-electron chi connectivity index (χ2n) is 3.21. The van der Waals surface area contributed by atoms with Gasteiger partial charge in [0.1, 0.15) is 3.57 Å². The van der Waals surface area contributed by atoms with Crippen molar-refractivity contribution in [2.75, 3.05) is 0 Å². The van der Waals surface area contributed by atoms with E-state index in [0.29, 0.717) is 9.39 Å². The zero-order valence-corrected chi connectivity index (χ0v) is 10.4. The third-order valence-corrected chi connectivity index (χ3v) is 2.96. The van der Waals surface area contributed by atoms with E-state index in [1.54, 1.807) is 4.68 Å².